The number of benzene rings is 2. The number of esters is 1. The van der Waals surface area contributed by atoms with Gasteiger partial charge in [-0.05, 0) is 50.2 Å². The van der Waals surface area contributed by atoms with Crippen molar-refractivity contribution < 1.29 is 19.1 Å². The number of aromatic nitrogens is 2. The Morgan fingerprint density at radius 3 is 2.33 bits per heavy atom. The van der Waals surface area contributed by atoms with Gasteiger partial charge in [0.2, 0.25) is 0 Å². The predicted octanol–water partition coefficient (Wildman–Crippen LogP) is 2.68. The maximum Gasteiger partial charge on any atom is 0.338 e. The quantitative estimate of drug-likeness (QED) is 0.606. The molecule has 0 aliphatic carbocycles. The van der Waals surface area contributed by atoms with Crippen LogP contribution in [0.15, 0.2) is 59.4 Å². The smallest absolute Gasteiger partial charge is 0.338 e. The van der Waals surface area contributed by atoms with E-state index in [1.54, 1.807) is 55.1 Å². The van der Waals surface area contributed by atoms with Gasteiger partial charge < -0.3 is 14.8 Å². The number of ether oxygens (including phenoxy) is 2. The third-order valence-corrected chi connectivity index (χ3v) is 4.55. The molecule has 1 amide bonds. The number of rotatable bonds is 7. The van der Waals surface area contributed by atoms with E-state index in [4.69, 9.17) is 9.47 Å². The van der Waals surface area contributed by atoms with E-state index in [1.807, 2.05) is 25.1 Å². The van der Waals surface area contributed by atoms with Gasteiger partial charge in [0.1, 0.15) is 11.4 Å². The number of carbonyl (C=O) groups excluding carboxylic acids is 2. The second-order valence-electron chi connectivity index (χ2n) is 6.52. The zero-order valence-corrected chi connectivity index (χ0v) is 17.0. The Morgan fingerprint density at radius 2 is 1.70 bits per heavy atom. The first-order valence-electron chi connectivity index (χ1n) is 9.46. The van der Waals surface area contributed by atoms with Crippen LogP contribution in [0.2, 0.25) is 0 Å². The molecule has 30 heavy (non-hydrogen) atoms. The fraction of sp³-hybridized carbons (Fsp3) is 0.227. The lowest BCUT2D eigenvalue weighted by atomic mass is 10.2. The van der Waals surface area contributed by atoms with Crippen molar-refractivity contribution in [3.63, 3.8) is 0 Å². The van der Waals surface area contributed by atoms with E-state index < -0.39 is 18.5 Å². The number of anilines is 1. The van der Waals surface area contributed by atoms with Gasteiger partial charge in [-0.2, -0.15) is 0 Å². The molecule has 156 valence electrons. The standard InChI is InChI=1S/C22H23N3O5/c1-4-29-18-12-10-16(11-13-18)22(28)30-14-19(26)23-20-15(2)24(3)25(21(20)27)17-8-6-5-7-9-17/h5-13H,4,14H2,1-3H3,(H,23,26). The van der Waals surface area contributed by atoms with Crippen LogP contribution < -0.4 is 15.6 Å². The fourth-order valence-corrected chi connectivity index (χ4v) is 2.96. The number of amides is 1. The summed E-state index contributed by atoms with van der Waals surface area (Å²) >= 11 is 0. The van der Waals surface area contributed by atoms with Gasteiger partial charge >= 0.3 is 5.97 Å². The molecule has 0 bridgehead atoms. The normalized spacial score (nSPS) is 10.5. The van der Waals surface area contributed by atoms with Gasteiger partial charge in [0.15, 0.2) is 6.61 Å². The molecule has 1 aromatic heterocycles. The van der Waals surface area contributed by atoms with Gasteiger partial charge in [0.25, 0.3) is 11.5 Å². The zero-order valence-electron chi connectivity index (χ0n) is 17.0. The first-order valence-corrected chi connectivity index (χ1v) is 9.46. The van der Waals surface area contributed by atoms with Crippen LogP contribution in [0.25, 0.3) is 5.69 Å². The van der Waals surface area contributed by atoms with Crippen molar-refractivity contribution in [2.24, 2.45) is 7.05 Å². The summed E-state index contributed by atoms with van der Waals surface area (Å²) in [7, 11) is 1.73. The highest BCUT2D eigenvalue weighted by atomic mass is 16.5. The van der Waals surface area contributed by atoms with Crippen LogP contribution in [-0.2, 0) is 16.6 Å². The minimum Gasteiger partial charge on any atom is -0.494 e. The van der Waals surface area contributed by atoms with Crippen LogP contribution in [0, 0.1) is 6.92 Å². The van der Waals surface area contributed by atoms with Gasteiger partial charge in [0.05, 0.1) is 23.6 Å². The van der Waals surface area contributed by atoms with E-state index in [-0.39, 0.29) is 11.2 Å². The van der Waals surface area contributed by atoms with Gasteiger partial charge in [0, 0.05) is 7.05 Å². The van der Waals surface area contributed by atoms with Crippen molar-refractivity contribution in [2.45, 2.75) is 13.8 Å². The highest BCUT2D eigenvalue weighted by Gasteiger charge is 2.19. The Bertz CT molecular complexity index is 1100. The highest BCUT2D eigenvalue weighted by molar-refractivity contribution is 5.95. The summed E-state index contributed by atoms with van der Waals surface area (Å²) in [5.41, 5.74) is 1.33. The lowest BCUT2D eigenvalue weighted by molar-refractivity contribution is -0.119. The third-order valence-electron chi connectivity index (χ3n) is 4.55. The Hall–Kier alpha value is -3.81. The van der Waals surface area contributed by atoms with E-state index in [0.717, 1.165) is 0 Å². The first kappa shape index (κ1) is 20.9. The molecule has 0 radical (unpaired) electrons. The molecular formula is C22H23N3O5. The van der Waals surface area contributed by atoms with Crippen molar-refractivity contribution in [3.05, 3.63) is 76.2 Å². The van der Waals surface area contributed by atoms with E-state index in [9.17, 15) is 14.4 Å². The molecule has 0 saturated heterocycles. The molecular weight excluding hydrogens is 386 g/mol. The second-order valence-corrected chi connectivity index (χ2v) is 6.52. The Labute approximate surface area is 173 Å². The Morgan fingerprint density at radius 1 is 1.03 bits per heavy atom. The van der Waals surface area contributed by atoms with E-state index in [0.29, 0.717) is 29.3 Å². The highest BCUT2D eigenvalue weighted by Crippen LogP contribution is 2.15. The summed E-state index contributed by atoms with van der Waals surface area (Å²) in [6.07, 6.45) is 0. The summed E-state index contributed by atoms with van der Waals surface area (Å²) in [5, 5.41) is 2.55. The Balaban J connectivity index is 1.67. The Kier molecular flexibility index (Phi) is 6.36. The lowest BCUT2D eigenvalue weighted by Crippen LogP contribution is -2.25. The van der Waals surface area contributed by atoms with Crippen LogP contribution in [0.4, 0.5) is 5.69 Å². The molecule has 1 N–H and O–H groups in total. The van der Waals surface area contributed by atoms with Crippen LogP contribution in [0.1, 0.15) is 23.0 Å². The number of nitrogens with zero attached hydrogens (tertiary/aromatic N) is 2. The van der Waals surface area contributed by atoms with Gasteiger partial charge in [-0.25, -0.2) is 9.48 Å². The van der Waals surface area contributed by atoms with E-state index in [2.05, 4.69) is 5.32 Å². The van der Waals surface area contributed by atoms with Crippen LogP contribution in [0.5, 0.6) is 5.75 Å². The summed E-state index contributed by atoms with van der Waals surface area (Å²) < 4.78 is 13.5. The molecule has 0 unspecified atom stereocenters. The number of hydrogen-bond donors (Lipinski definition) is 1. The monoisotopic (exact) mass is 409 g/mol. The average molecular weight is 409 g/mol. The molecule has 0 atom stereocenters. The number of carbonyl (C=O) groups is 2. The number of hydrogen-bond acceptors (Lipinski definition) is 5. The fourth-order valence-electron chi connectivity index (χ4n) is 2.96. The van der Waals surface area contributed by atoms with E-state index in [1.165, 1.54) is 4.68 Å². The molecule has 0 fully saturated rings. The summed E-state index contributed by atoms with van der Waals surface area (Å²) in [5.74, 6) is -0.596. The van der Waals surface area contributed by atoms with Gasteiger partial charge in [-0.1, -0.05) is 18.2 Å². The maximum absolute atomic E-state index is 12.8. The lowest BCUT2D eigenvalue weighted by Gasteiger charge is -2.07. The molecule has 0 aliphatic heterocycles. The third kappa shape index (κ3) is 4.43. The molecule has 3 aromatic rings. The minimum atomic E-state index is -0.639. The van der Waals surface area contributed by atoms with Crippen molar-refractivity contribution in [2.75, 3.05) is 18.5 Å². The van der Waals surface area contributed by atoms with Crippen LogP contribution in [0.3, 0.4) is 0 Å². The number of nitrogens with one attached hydrogen (secondary N) is 1. The maximum atomic E-state index is 12.8. The SMILES string of the molecule is CCOc1ccc(C(=O)OCC(=O)Nc2c(C)n(C)n(-c3ccccc3)c2=O)cc1. The van der Waals surface area contributed by atoms with Crippen molar-refractivity contribution in [1.82, 2.24) is 9.36 Å². The second kappa shape index (κ2) is 9.13. The van der Waals surface area contributed by atoms with Crippen molar-refractivity contribution in [3.8, 4) is 11.4 Å². The molecule has 1 heterocycles. The molecule has 0 aliphatic rings. The zero-order chi connectivity index (χ0) is 21.7. The summed E-state index contributed by atoms with van der Waals surface area (Å²) in [4.78, 5) is 37.2. The van der Waals surface area contributed by atoms with Crippen molar-refractivity contribution >= 4 is 17.6 Å². The number of para-hydroxylation sites is 1. The van der Waals surface area contributed by atoms with Crippen LogP contribution in [-0.4, -0.2) is 34.5 Å². The van der Waals surface area contributed by atoms with Gasteiger partial charge in [-0.15, -0.1) is 0 Å². The largest absolute Gasteiger partial charge is 0.494 e. The molecule has 8 heteroatoms. The minimum absolute atomic E-state index is 0.142. The van der Waals surface area contributed by atoms with Crippen molar-refractivity contribution in [1.29, 1.82) is 0 Å². The predicted molar refractivity (Wildman–Crippen MR) is 112 cm³/mol. The van der Waals surface area contributed by atoms with Gasteiger partial charge in [-0.3, -0.25) is 14.3 Å². The summed E-state index contributed by atoms with van der Waals surface area (Å²) in [6.45, 7) is 3.60. The molecule has 0 saturated carbocycles. The molecule has 8 nitrogen and oxygen atoms in total. The first-order chi connectivity index (χ1) is 14.4. The molecule has 3 rings (SSSR count). The summed E-state index contributed by atoms with van der Waals surface area (Å²) in [6, 6.07) is 15.5. The van der Waals surface area contributed by atoms with E-state index >= 15 is 0 Å². The topological polar surface area (TPSA) is 91.6 Å². The molecule has 0 spiro atoms. The van der Waals surface area contributed by atoms with Crippen LogP contribution >= 0.6 is 0 Å². The molecule has 2 aromatic carbocycles. The average Bonchev–Trinajstić information content (AvgIpc) is 2.96.